The number of ether oxygens (including phenoxy) is 2. The molecule has 4 heteroatoms. The van der Waals surface area contributed by atoms with E-state index in [2.05, 4.69) is 16.4 Å². The van der Waals surface area contributed by atoms with E-state index in [1.54, 1.807) is 20.4 Å². The van der Waals surface area contributed by atoms with Crippen molar-refractivity contribution in [2.45, 2.75) is 6.04 Å². The average molecular weight is 258 g/mol. The molecule has 0 aliphatic heterocycles. The van der Waals surface area contributed by atoms with Crippen LogP contribution < -0.4 is 14.8 Å². The SMILES string of the molecule is CNC(c1cccc(OC)c1)c1cncc(OC)c1. The number of nitrogens with one attached hydrogen (secondary N) is 1. The Labute approximate surface area is 113 Å². The fourth-order valence-corrected chi connectivity index (χ4v) is 2.05. The van der Waals surface area contributed by atoms with Crippen molar-refractivity contribution in [1.29, 1.82) is 0 Å². The van der Waals surface area contributed by atoms with Crippen LogP contribution in [0.1, 0.15) is 17.2 Å². The molecule has 2 rings (SSSR count). The Morgan fingerprint density at radius 2 is 1.74 bits per heavy atom. The number of hydrogen-bond acceptors (Lipinski definition) is 4. The van der Waals surface area contributed by atoms with Crippen molar-refractivity contribution in [2.75, 3.05) is 21.3 Å². The van der Waals surface area contributed by atoms with Gasteiger partial charge in [-0.25, -0.2) is 0 Å². The highest BCUT2D eigenvalue weighted by Gasteiger charge is 2.13. The maximum atomic E-state index is 5.26. The van der Waals surface area contributed by atoms with Crippen LogP contribution in [0.3, 0.4) is 0 Å². The fourth-order valence-electron chi connectivity index (χ4n) is 2.05. The van der Waals surface area contributed by atoms with Gasteiger partial charge < -0.3 is 14.8 Å². The molecular formula is C15H18N2O2. The van der Waals surface area contributed by atoms with Gasteiger partial charge in [-0.05, 0) is 36.4 Å². The first kappa shape index (κ1) is 13.4. The van der Waals surface area contributed by atoms with Crippen LogP contribution >= 0.6 is 0 Å². The quantitative estimate of drug-likeness (QED) is 0.894. The van der Waals surface area contributed by atoms with E-state index in [1.165, 1.54) is 0 Å². The average Bonchev–Trinajstić information content (AvgIpc) is 2.48. The molecule has 2 aromatic rings. The first-order valence-electron chi connectivity index (χ1n) is 6.08. The summed E-state index contributed by atoms with van der Waals surface area (Å²) in [4.78, 5) is 4.20. The molecule has 1 aromatic heterocycles. The molecule has 0 spiro atoms. The molecule has 0 saturated carbocycles. The smallest absolute Gasteiger partial charge is 0.137 e. The van der Waals surface area contributed by atoms with Crippen LogP contribution in [0, 0.1) is 0 Å². The van der Waals surface area contributed by atoms with Gasteiger partial charge in [0.25, 0.3) is 0 Å². The summed E-state index contributed by atoms with van der Waals surface area (Å²) in [5.41, 5.74) is 2.17. The maximum absolute atomic E-state index is 5.26. The first-order valence-corrected chi connectivity index (χ1v) is 6.08. The molecule has 4 nitrogen and oxygen atoms in total. The van der Waals surface area contributed by atoms with Crippen LogP contribution in [0.25, 0.3) is 0 Å². The molecule has 1 heterocycles. The van der Waals surface area contributed by atoms with Crippen molar-refractivity contribution in [3.63, 3.8) is 0 Å². The lowest BCUT2D eigenvalue weighted by Gasteiger charge is -2.18. The lowest BCUT2D eigenvalue weighted by Crippen LogP contribution is -2.17. The van der Waals surface area contributed by atoms with Crippen molar-refractivity contribution < 1.29 is 9.47 Å². The van der Waals surface area contributed by atoms with Gasteiger partial charge in [-0.3, -0.25) is 4.98 Å². The largest absolute Gasteiger partial charge is 0.497 e. The van der Waals surface area contributed by atoms with Crippen molar-refractivity contribution in [3.05, 3.63) is 53.9 Å². The summed E-state index contributed by atoms with van der Waals surface area (Å²) in [6.07, 6.45) is 3.53. The van der Waals surface area contributed by atoms with Crippen molar-refractivity contribution in [3.8, 4) is 11.5 Å². The molecular weight excluding hydrogens is 240 g/mol. The van der Waals surface area contributed by atoms with Gasteiger partial charge in [-0.2, -0.15) is 0 Å². The van der Waals surface area contributed by atoms with E-state index in [9.17, 15) is 0 Å². The number of hydrogen-bond donors (Lipinski definition) is 1. The van der Waals surface area contributed by atoms with E-state index in [0.29, 0.717) is 0 Å². The first-order chi connectivity index (χ1) is 9.28. The molecule has 100 valence electrons. The zero-order chi connectivity index (χ0) is 13.7. The molecule has 19 heavy (non-hydrogen) atoms. The standard InChI is InChI=1S/C15H18N2O2/c1-16-15(11-5-4-6-13(7-11)18-2)12-8-14(19-3)10-17-9-12/h4-10,15-16H,1-3H3. The van der Waals surface area contributed by atoms with Crippen LogP contribution in [-0.2, 0) is 0 Å². The Balaban J connectivity index is 2.37. The van der Waals surface area contributed by atoms with Crippen molar-refractivity contribution >= 4 is 0 Å². The molecule has 1 aromatic carbocycles. The van der Waals surface area contributed by atoms with Crippen molar-refractivity contribution in [2.24, 2.45) is 0 Å². The Kier molecular flexibility index (Phi) is 4.36. The molecule has 1 unspecified atom stereocenters. The van der Waals surface area contributed by atoms with Crippen molar-refractivity contribution in [1.82, 2.24) is 10.3 Å². The third-order valence-corrected chi connectivity index (χ3v) is 3.02. The number of aromatic nitrogens is 1. The second-order valence-electron chi connectivity index (χ2n) is 4.16. The Bertz CT molecular complexity index is 496. The summed E-state index contributed by atoms with van der Waals surface area (Å²) in [5, 5.41) is 3.29. The normalized spacial score (nSPS) is 11.9. The predicted octanol–water partition coefficient (Wildman–Crippen LogP) is 2.41. The maximum Gasteiger partial charge on any atom is 0.137 e. The van der Waals surface area contributed by atoms with Gasteiger partial charge in [0.2, 0.25) is 0 Å². The highest BCUT2D eigenvalue weighted by molar-refractivity contribution is 5.37. The van der Waals surface area contributed by atoms with Crippen LogP contribution in [0.4, 0.5) is 0 Å². The van der Waals surface area contributed by atoms with Crippen LogP contribution in [0.2, 0.25) is 0 Å². The fraction of sp³-hybridized carbons (Fsp3) is 0.267. The van der Waals surface area contributed by atoms with E-state index in [4.69, 9.17) is 9.47 Å². The number of pyridine rings is 1. The summed E-state index contributed by atoms with van der Waals surface area (Å²) in [6, 6.07) is 10.0. The lowest BCUT2D eigenvalue weighted by molar-refractivity contribution is 0.411. The van der Waals surface area contributed by atoms with Gasteiger partial charge in [0, 0.05) is 6.20 Å². The Morgan fingerprint density at radius 1 is 1.00 bits per heavy atom. The van der Waals surface area contributed by atoms with Gasteiger partial charge in [0.15, 0.2) is 0 Å². The Morgan fingerprint density at radius 3 is 2.42 bits per heavy atom. The number of nitrogens with zero attached hydrogens (tertiary/aromatic N) is 1. The Hall–Kier alpha value is -2.07. The summed E-state index contributed by atoms with van der Waals surface area (Å²) in [6.45, 7) is 0. The topological polar surface area (TPSA) is 43.4 Å². The molecule has 0 bridgehead atoms. The van der Waals surface area contributed by atoms with E-state index in [0.717, 1.165) is 22.6 Å². The summed E-state index contributed by atoms with van der Waals surface area (Å²) in [5.74, 6) is 1.59. The third kappa shape index (κ3) is 3.03. The van der Waals surface area contributed by atoms with E-state index < -0.39 is 0 Å². The molecule has 1 N–H and O–H groups in total. The van der Waals surface area contributed by atoms with Gasteiger partial charge in [0.05, 0.1) is 26.5 Å². The number of benzene rings is 1. The molecule has 0 saturated heterocycles. The van der Waals surface area contributed by atoms with Crippen LogP contribution in [-0.4, -0.2) is 26.3 Å². The summed E-state index contributed by atoms with van der Waals surface area (Å²) in [7, 11) is 5.23. The van der Waals surface area contributed by atoms with E-state index in [-0.39, 0.29) is 6.04 Å². The third-order valence-electron chi connectivity index (χ3n) is 3.02. The highest BCUT2D eigenvalue weighted by atomic mass is 16.5. The molecule has 0 aliphatic rings. The minimum atomic E-state index is 0.0534. The van der Waals surface area contributed by atoms with E-state index >= 15 is 0 Å². The van der Waals surface area contributed by atoms with Gasteiger partial charge in [-0.15, -0.1) is 0 Å². The monoisotopic (exact) mass is 258 g/mol. The molecule has 1 atom stereocenters. The van der Waals surface area contributed by atoms with Gasteiger partial charge in [0.1, 0.15) is 11.5 Å². The number of methoxy groups -OCH3 is 2. The minimum Gasteiger partial charge on any atom is -0.497 e. The van der Waals surface area contributed by atoms with Crippen LogP contribution in [0.15, 0.2) is 42.7 Å². The molecule has 0 fully saturated rings. The lowest BCUT2D eigenvalue weighted by atomic mass is 10.00. The second kappa shape index (κ2) is 6.20. The number of rotatable bonds is 5. The minimum absolute atomic E-state index is 0.0534. The summed E-state index contributed by atoms with van der Waals surface area (Å²) < 4.78 is 10.5. The summed E-state index contributed by atoms with van der Waals surface area (Å²) >= 11 is 0. The van der Waals surface area contributed by atoms with Gasteiger partial charge in [-0.1, -0.05) is 12.1 Å². The van der Waals surface area contributed by atoms with Crippen LogP contribution in [0.5, 0.6) is 11.5 Å². The molecule has 0 amide bonds. The molecule has 0 radical (unpaired) electrons. The van der Waals surface area contributed by atoms with E-state index in [1.807, 2.05) is 37.5 Å². The zero-order valence-corrected chi connectivity index (χ0v) is 11.4. The zero-order valence-electron chi connectivity index (χ0n) is 11.4. The highest BCUT2D eigenvalue weighted by Crippen LogP contribution is 2.26. The molecule has 0 aliphatic carbocycles. The second-order valence-corrected chi connectivity index (χ2v) is 4.16. The predicted molar refractivity (Wildman–Crippen MR) is 74.7 cm³/mol. The van der Waals surface area contributed by atoms with Gasteiger partial charge >= 0.3 is 0 Å².